The van der Waals surface area contributed by atoms with Gasteiger partial charge in [-0.3, -0.25) is 19.8 Å². The molecule has 0 heterocycles. The van der Waals surface area contributed by atoms with Crippen LogP contribution in [0.5, 0.6) is 0 Å². The molecule has 2 N–H and O–H groups in total. The highest BCUT2D eigenvalue weighted by Gasteiger charge is 2.22. The van der Waals surface area contributed by atoms with Gasteiger partial charge in [0.1, 0.15) is 5.82 Å². The minimum Gasteiger partial charge on any atom is -0.480 e. The molecular weight excluding hydrogens is 367 g/mol. The Morgan fingerprint density at radius 2 is 1.86 bits per heavy atom. The third-order valence-corrected chi connectivity index (χ3v) is 4.63. The van der Waals surface area contributed by atoms with E-state index < -0.39 is 22.8 Å². The number of non-ortho nitro benzene ring substituents is 1. The Kier molecular flexibility index (Phi) is 7.60. The quantitative estimate of drug-likeness (QED) is 0.477. The fourth-order valence-electron chi connectivity index (χ4n) is 2.98. The molecule has 2 aromatic rings. The maximum atomic E-state index is 13.9. The van der Waals surface area contributed by atoms with Crippen molar-refractivity contribution >= 4 is 11.7 Å². The Balaban J connectivity index is 2.01. The van der Waals surface area contributed by atoms with Gasteiger partial charge in [0.15, 0.2) is 0 Å². The number of aliphatic carboxylic acids is 1. The fraction of sp³-hybridized carbons (Fsp3) is 0.350. The first-order valence-electron chi connectivity index (χ1n) is 8.89. The van der Waals surface area contributed by atoms with Crippen molar-refractivity contribution in [3.63, 3.8) is 0 Å². The largest absolute Gasteiger partial charge is 0.480 e. The molecule has 0 fully saturated rings. The summed E-state index contributed by atoms with van der Waals surface area (Å²) in [5, 5.41) is 30.2. The number of aliphatic hydroxyl groups excluding tert-OH is 1. The van der Waals surface area contributed by atoms with Crippen LogP contribution in [-0.4, -0.2) is 45.1 Å². The van der Waals surface area contributed by atoms with E-state index in [1.807, 2.05) is 6.92 Å². The van der Waals surface area contributed by atoms with Crippen LogP contribution in [0.25, 0.3) is 0 Å². The molecule has 0 unspecified atom stereocenters. The molecule has 0 bridgehead atoms. The Bertz CT molecular complexity index is 812. The normalized spacial score (nSPS) is 13.3. The molecule has 0 saturated carbocycles. The van der Waals surface area contributed by atoms with Gasteiger partial charge in [-0.15, -0.1) is 0 Å². The molecule has 8 heteroatoms. The molecule has 2 rings (SSSR count). The molecule has 0 spiro atoms. The molecule has 0 aliphatic carbocycles. The highest BCUT2D eigenvalue weighted by atomic mass is 19.1. The van der Waals surface area contributed by atoms with E-state index in [4.69, 9.17) is 0 Å². The average molecular weight is 390 g/mol. The van der Waals surface area contributed by atoms with Crippen LogP contribution in [0, 0.1) is 15.9 Å². The second-order valence-corrected chi connectivity index (χ2v) is 6.67. The van der Waals surface area contributed by atoms with Crippen molar-refractivity contribution in [2.24, 2.45) is 0 Å². The van der Waals surface area contributed by atoms with Crippen LogP contribution in [0.3, 0.4) is 0 Å². The Hall–Kier alpha value is -2.84. The van der Waals surface area contributed by atoms with E-state index >= 15 is 0 Å². The monoisotopic (exact) mass is 390 g/mol. The zero-order valence-corrected chi connectivity index (χ0v) is 15.5. The van der Waals surface area contributed by atoms with Crippen molar-refractivity contribution in [1.82, 2.24) is 4.90 Å². The zero-order chi connectivity index (χ0) is 20.7. The number of aliphatic hydroxyl groups is 1. The number of halogens is 1. The number of carbonyl (C=O) groups is 1. The predicted octanol–water partition coefficient (Wildman–Crippen LogP) is 3.18. The molecule has 0 radical (unpaired) electrons. The van der Waals surface area contributed by atoms with E-state index in [-0.39, 0.29) is 30.4 Å². The van der Waals surface area contributed by atoms with Crippen LogP contribution in [0.1, 0.15) is 30.6 Å². The van der Waals surface area contributed by atoms with Gasteiger partial charge < -0.3 is 10.2 Å². The highest BCUT2D eigenvalue weighted by molar-refractivity contribution is 5.69. The van der Waals surface area contributed by atoms with Crippen molar-refractivity contribution in [2.75, 3.05) is 13.1 Å². The summed E-state index contributed by atoms with van der Waals surface area (Å²) < 4.78 is 13.9. The van der Waals surface area contributed by atoms with E-state index in [1.165, 1.54) is 30.3 Å². The summed E-state index contributed by atoms with van der Waals surface area (Å²) in [6.07, 6.45) is 0.0162. The minimum absolute atomic E-state index is 0.0114. The van der Waals surface area contributed by atoms with Crippen molar-refractivity contribution in [3.8, 4) is 0 Å². The Morgan fingerprint density at radius 1 is 1.21 bits per heavy atom. The molecule has 7 nitrogen and oxygen atoms in total. The second kappa shape index (κ2) is 9.91. The first-order valence-corrected chi connectivity index (χ1v) is 8.89. The van der Waals surface area contributed by atoms with Gasteiger partial charge in [-0.2, -0.15) is 0 Å². The number of hydrogen-bond donors (Lipinski definition) is 2. The van der Waals surface area contributed by atoms with Crippen LogP contribution in [-0.2, 0) is 11.2 Å². The van der Waals surface area contributed by atoms with Crippen molar-refractivity contribution < 1.29 is 24.3 Å². The van der Waals surface area contributed by atoms with Gasteiger partial charge in [0.2, 0.25) is 0 Å². The smallest absolute Gasteiger partial charge is 0.317 e. The van der Waals surface area contributed by atoms with E-state index in [0.29, 0.717) is 12.8 Å². The number of carboxylic acid groups (broad SMARTS) is 1. The Labute approximate surface area is 162 Å². The molecule has 28 heavy (non-hydrogen) atoms. The van der Waals surface area contributed by atoms with Crippen molar-refractivity contribution in [1.29, 1.82) is 0 Å². The lowest BCUT2D eigenvalue weighted by atomic mass is 10.0. The number of nitrogens with zero attached hydrogens (tertiary/aromatic N) is 2. The summed E-state index contributed by atoms with van der Waals surface area (Å²) >= 11 is 0. The summed E-state index contributed by atoms with van der Waals surface area (Å²) in [7, 11) is 0. The minimum atomic E-state index is -1.15. The number of aryl methyl sites for hydroxylation is 1. The molecule has 0 amide bonds. The van der Waals surface area contributed by atoms with Gasteiger partial charge in [0, 0.05) is 30.3 Å². The molecule has 150 valence electrons. The molecule has 0 aliphatic rings. The maximum Gasteiger partial charge on any atom is 0.317 e. The topological polar surface area (TPSA) is 104 Å². The van der Waals surface area contributed by atoms with E-state index in [1.54, 1.807) is 23.1 Å². The van der Waals surface area contributed by atoms with Gasteiger partial charge >= 0.3 is 5.97 Å². The molecule has 0 aliphatic heterocycles. The van der Waals surface area contributed by atoms with Crippen LogP contribution in [0.15, 0.2) is 48.5 Å². The predicted molar refractivity (Wildman–Crippen MR) is 101 cm³/mol. The van der Waals surface area contributed by atoms with Crippen molar-refractivity contribution in [2.45, 2.75) is 31.9 Å². The first kappa shape index (κ1) is 21.5. The summed E-state index contributed by atoms with van der Waals surface area (Å²) in [4.78, 5) is 23.0. The van der Waals surface area contributed by atoms with Crippen LogP contribution >= 0.6 is 0 Å². The van der Waals surface area contributed by atoms with Gasteiger partial charge in [-0.1, -0.05) is 30.3 Å². The summed E-state index contributed by atoms with van der Waals surface area (Å²) in [5.41, 5.74) is 1.03. The number of nitro benzene ring substituents is 1. The first-order chi connectivity index (χ1) is 13.3. The highest BCUT2D eigenvalue weighted by Crippen LogP contribution is 2.20. The number of hydrogen-bond acceptors (Lipinski definition) is 5. The fourth-order valence-corrected chi connectivity index (χ4v) is 2.98. The Morgan fingerprint density at radius 3 is 2.43 bits per heavy atom. The van der Waals surface area contributed by atoms with Gasteiger partial charge in [0.05, 0.1) is 17.6 Å². The molecule has 2 aromatic carbocycles. The zero-order valence-electron chi connectivity index (χ0n) is 15.5. The van der Waals surface area contributed by atoms with Crippen LogP contribution < -0.4 is 0 Å². The number of nitro groups is 1. The van der Waals surface area contributed by atoms with Crippen molar-refractivity contribution in [3.05, 3.63) is 75.6 Å². The SMILES string of the molecule is C[C@@H](CCc1ccc([N+](=O)[O-])cc1)N(CC(=O)O)C[C@H](O)c1ccccc1F. The lowest BCUT2D eigenvalue weighted by Gasteiger charge is -2.30. The van der Waals surface area contributed by atoms with E-state index in [0.717, 1.165) is 5.56 Å². The van der Waals surface area contributed by atoms with E-state index in [2.05, 4.69) is 0 Å². The summed E-state index contributed by atoms with van der Waals surface area (Å²) in [6, 6.07) is 11.8. The van der Waals surface area contributed by atoms with Crippen LogP contribution in [0.4, 0.5) is 10.1 Å². The van der Waals surface area contributed by atoms with Gasteiger partial charge in [0.25, 0.3) is 5.69 Å². The van der Waals surface area contributed by atoms with Gasteiger partial charge in [-0.25, -0.2) is 4.39 Å². The average Bonchev–Trinajstić information content (AvgIpc) is 2.65. The molecule has 0 aromatic heterocycles. The second-order valence-electron chi connectivity index (χ2n) is 6.67. The number of benzene rings is 2. The third-order valence-electron chi connectivity index (χ3n) is 4.63. The molecular formula is C20H23FN2O5. The van der Waals surface area contributed by atoms with Crippen LogP contribution in [0.2, 0.25) is 0 Å². The van der Waals surface area contributed by atoms with E-state index in [9.17, 15) is 29.5 Å². The number of rotatable bonds is 10. The van der Waals surface area contributed by atoms with Gasteiger partial charge in [-0.05, 0) is 31.4 Å². The number of carboxylic acids is 1. The third kappa shape index (κ3) is 6.11. The maximum absolute atomic E-state index is 13.9. The summed E-state index contributed by atoms with van der Waals surface area (Å²) in [5.74, 6) is -1.58. The lowest BCUT2D eigenvalue weighted by molar-refractivity contribution is -0.384. The lowest BCUT2D eigenvalue weighted by Crippen LogP contribution is -2.40. The molecule has 0 saturated heterocycles. The standard InChI is InChI=1S/C20H23FN2O5/c1-14(6-7-15-8-10-16(11-9-15)23(27)28)22(13-20(25)26)12-19(24)17-4-2-3-5-18(17)21/h2-5,8-11,14,19,24H,6-7,12-13H2,1H3,(H,25,26)/t14-,19-/m0/s1. The summed E-state index contributed by atoms with van der Waals surface area (Å²) in [6.45, 7) is 1.53. The molecule has 2 atom stereocenters.